The van der Waals surface area contributed by atoms with Gasteiger partial charge in [0.25, 0.3) is 0 Å². The molecule has 0 fully saturated rings. The van der Waals surface area contributed by atoms with Gasteiger partial charge in [0.2, 0.25) is 0 Å². The number of halogens is 2. The molecule has 0 aromatic heterocycles. The average Bonchev–Trinajstić information content (AvgIpc) is 2.85. The average molecular weight is 376 g/mol. The first-order chi connectivity index (χ1) is 9.23. The van der Waals surface area contributed by atoms with Crippen molar-refractivity contribution in [3.8, 4) is 5.75 Å². The van der Waals surface area contributed by atoms with Gasteiger partial charge in [-0.2, -0.15) is 6.08 Å². The van der Waals surface area contributed by atoms with Crippen molar-refractivity contribution in [3.05, 3.63) is 54.1 Å². The fourth-order valence-electron chi connectivity index (χ4n) is 1.31. The topological polar surface area (TPSA) is 20.2 Å². The molecule has 1 aromatic rings. The molecule has 0 amide bonds. The van der Waals surface area contributed by atoms with E-state index < -0.39 is 0 Å². The third-order valence-corrected chi connectivity index (χ3v) is 2.30. The van der Waals surface area contributed by atoms with Crippen LogP contribution in [0.2, 0.25) is 0 Å². The Morgan fingerprint density at radius 2 is 1.73 bits per heavy atom. The molecule has 0 saturated heterocycles. The fourth-order valence-corrected chi connectivity index (χ4v) is 1.31. The normalized spacial score (nSPS) is 11.0. The largest absolute Gasteiger partial charge is 1.00 e. The molecule has 22 heavy (non-hydrogen) atoms. The molecular weight excluding hydrogens is 351 g/mol. The molecule has 1 aliphatic rings. The summed E-state index contributed by atoms with van der Waals surface area (Å²) in [6.45, 7) is 10.5. The Labute approximate surface area is 159 Å². The first-order valence-corrected chi connectivity index (χ1v) is 7.54. The second-order valence-corrected chi connectivity index (χ2v) is 7.36. The van der Waals surface area contributed by atoms with Crippen LogP contribution in [-0.2, 0) is 25.4 Å². The predicted molar refractivity (Wildman–Crippen MR) is 84.7 cm³/mol. The van der Waals surface area contributed by atoms with E-state index in [1.54, 1.807) is 12.1 Å². The van der Waals surface area contributed by atoms with Crippen LogP contribution in [0.5, 0.6) is 5.75 Å². The predicted octanol–water partition coefficient (Wildman–Crippen LogP) is -1.25. The van der Waals surface area contributed by atoms with E-state index in [-0.39, 0.29) is 30.2 Å². The summed E-state index contributed by atoms with van der Waals surface area (Å²) in [5.74, 6) is 0.345. The van der Waals surface area contributed by atoms with Gasteiger partial charge in [0, 0.05) is 0 Å². The van der Waals surface area contributed by atoms with E-state index in [0.717, 1.165) is 12.0 Å². The molecule has 1 N–H and O–H groups in total. The number of phenolic OH excluding ortho intramolecular Hbond substituents is 1. The Balaban J connectivity index is -0.000000278. The number of phenols is 1. The molecular formula is C18H25Cl2OTi-2. The van der Waals surface area contributed by atoms with Crippen LogP contribution in [0.3, 0.4) is 0 Å². The molecule has 0 unspecified atom stereocenters. The Kier molecular flexibility index (Phi) is 17.2. The molecule has 0 aliphatic heterocycles. The molecule has 0 saturated carbocycles. The number of rotatable bonds is 0. The van der Waals surface area contributed by atoms with Crippen LogP contribution in [0.1, 0.15) is 46.6 Å². The minimum absolute atomic E-state index is 0. The van der Waals surface area contributed by atoms with Gasteiger partial charge in [-0.1, -0.05) is 32.9 Å². The van der Waals surface area contributed by atoms with E-state index in [9.17, 15) is 5.11 Å². The zero-order valence-corrected chi connectivity index (χ0v) is 17.0. The van der Waals surface area contributed by atoms with Crippen molar-refractivity contribution in [2.75, 3.05) is 0 Å². The smallest absolute Gasteiger partial charge is 0.109 e. The van der Waals surface area contributed by atoms with E-state index in [1.807, 2.05) is 24.3 Å². The SMILES string of the molecule is CC(C)(C)c1cccc(O)c1.C[C](C)=[Ti+].[C-]1=CC=CC1.[Cl-].[Cl-]. The number of hydrogen-bond acceptors (Lipinski definition) is 1. The number of hydrogen-bond donors (Lipinski definition) is 1. The molecule has 1 aliphatic carbocycles. The Morgan fingerprint density at radius 3 is 1.95 bits per heavy atom. The summed E-state index contributed by atoms with van der Waals surface area (Å²) in [7, 11) is 0. The number of aromatic hydroxyl groups is 1. The summed E-state index contributed by atoms with van der Waals surface area (Å²) in [5, 5.41) is 9.18. The maximum Gasteiger partial charge on any atom is -0.109 e. The van der Waals surface area contributed by atoms with Crippen LogP contribution in [0.4, 0.5) is 0 Å². The van der Waals surface area contributed by atoms with Crippen LogP contribution in [0.15, 0.2) is 42.5 Å². The Bertz CT molecular complexity index is 460. The van der Waals surface area contributed by atoms with Gasteiger partial charge in [-0.3, -0.25) is 6.08 Å². The second-order valence-electron chi connectivity index (χ2n) is 5.80. The molecule has 0 atom stereocenters. The molecule has 123 valence electrons. The minimum atomic E-state index is 0. The van der Waals surface area contributed by atoms with Crippen molar-refractivity contribution in [1.29, 1.82) is 0 Å². The summed E-state index contributed by atoms with van der Waals surface area (Å²) < 4.78 is 1.42. The molecule has 0 radical (unpaired) electrons. The van der Waals surface area contributed by atoms with Crippen LogP contribution >= 0.6 is 0 Å². The van der Waals surface area contributed by atoms with E-state index in [4.69, 9.17) is 0 Å². The maximum atomic E-state index is 9.18. The number of benzene rings is 1. The number of allylic oxidation sites excluding steroid dienone is 4. The molecule has 0 spiro atoms. The minimum Gasteiger partial charge on any atom is -1.00 e. The second kappa shape index (κ2) is 14.3. The van der Waals surface area contributed by atoms with Crippen LogP contribution in [-0.4, -0.2) is 8.92 Å². The van der Waals surface area contributed by atoms with Crippen molar-refractivity contribution in [2.24, 2.45) is 0 Å². The molecule has 1 aromatic carbocycles. The summed E-state index contributed by atoms with van der Waals surface area (Å²) in [6, 6.07) is 7.39. The van der Waals surface area contributed by atoms with Crippen LogP contribution in [0, 0.1) is 6.08 Å². The molecule has 2 rings (SSSR count). The summed E-state index contributed by atoms with van der Waals surface area (Å²) in [5.41, 5.74) is 1.29. The first kappa shape index (κ1) is 26.6. The first-order valence-electron chi connectivity index (χ1n) is 6.76. The van der Waals surface area contributed by atoms with Gasteiger partial charge >= 0.3 is 37.6 Å². The van der Waals surface area contributed by atoms with E-state index in [2.05, 4.69) is 66.7 Å². The van der Waals surface area contributed by atoms with E-state index in [1.165, 1.54) is 3.81 Å². The Hall–Kier alpha value is -0.336. The molecule has 1 nitrogen and oxygen atoms in total. The molecule has 0 heterocycles. The third kappa shape index (κ3) is 16.0. The van der Waals surface area contributed by atoms with Gasteiger partial charge in [-0.25, -0.2) is 12.2 Å². The quantitative estimate of drug-likeness (QED) is 0.443. The fraction of sp³-hybridized carbons (Fsp3) is 0.389. The van der Waals surface area contributed by atoms with Crippen molar-refractivity contribution < 1.29 is 49.9 Å². The van der Waals surface area contributed by atoms with Gasteiger partial charge < -0.3 is 29.9 Å². The summed E-state index contributed by atoms with van der Waals surface area (Å²) in [6.07, 6.45) is 10.0. The van der Waals surface area contributed by atoms with Gasteiger partial charge in [0.05, 0.1) is 0 Å². The van der Waals surface area contributed by atoms with Gasteiger partial charge in [0.1, 0.15) is 5.75 Å². The summed E-state index contributed by atoms with van der Waals surface area (Å²) >= 11 is 2.08. The molecule has 4 heteroatoms. The van der Waals surface area contributed by atoms with Crippen LogP contribution in [0.25, 0.3) is 0 Å². The summed E-state index contributed by atoms with van der Waals surface area (Å²) in [4.78, 5) is 0. The van der Waals surface area contributed by atoms with Crippen LogP contribution < -0.4 is 24.8 Å². The zero-order valence-electron chi connectivity index (χ0n) is 14.0. The zero-order chi connectivity index (χ0) is 15.6. The third-order valence-electron chi connectivity index (χ3n) is 2.30. The van der Waals surface area contributed by atoms with E-state index in [0.29, 0.717) is 5.75 Å². The van der Waals surface area contributed by atoms with Crippen molar-refractivity contribution in [2.45, 2.75) is 46.5 Å². The van der Waals surface area contributed by atoms with Crippen molar-refractivity contribution >= 4 is 3.81 Å². The van der Waals surface area contributed by atoms with Crippen molar-refractivity contribution in [1.82, 2.24) is 0 Å². The maximum absolute atomic E-state index is 9.18. The van der Waals surface area contributed by atoms with Gasteiger partial charge in [-0.05, 0) is 23.1 Å². The molecule has 0 bridgehead atoms. The monoisotopic (exact) mass is 375 g/mol. The Morgan fingerprint density at radius 1 is 1.18 bits per heavy atom. The standard InChI is InChI=1S/C10H14O.C5H5.C3H6.2ClH.Ti/c1-10(2,3)8-5-4-6-9(11)7-8;1-2-4-5-3-1;1-3-2;;;/h4-7,11H,1-3H3;1-3H,4H2;1-2H3;2*1H;/q;-1;;;;+1/p-2. The van der Waals surface area contributed by atoms with Gasteiger partial charge in [0.15, 0.2) is 0 Å². The van der Waals surface area contributed by atoms with E-state index >= 15 is 0 Å². The van der Waals surface area contributed by atoms with Gasteiger partial charge in [-0.15, -0.1) is 6.42 Å². The van der Waals surface area contributed by atoms with Crippen molar-refractivity contribution in [3.63, 3.8) is 0 Å².